The minimum atomic E-state index is 0.255. The molecule has 0 amide bonds. The van der Waals surface area contributed by atoms with Crippen molar-refractivity contribution in [1.82, 2.24) is 0 Å². The average molecular weight is 199 g/mol. The van der Waals surface area contributed by atoms with Gasteiger partial charge in [-0.3, -0.25) is 0 Å². The van der Waals surface area contributed by atoms with Gasteiger partial charge in [0.05, 0.1) is 10.8 Å². The number of hydrogen-bond donors (Lipinski definition) is 0. The maximum absolute atomic E-state index is 6.19. The van der Waals surface area contributed by atoms with E-state index in [4.69, 9.17) is 23.2 Å². The fraction of sp³-hybridized carbons (Fsp3) is 0.400. The Morgan fingerprint density at radius 2 is 1.25 bits per heavy atom. The first-order valence-electron chi connectivity index (χ1n) is 4.17. The smallest absolute Gasteiger partial charge is 0.0502 e. The molecule has 0 N–H and O–H groups in total. The van der Waals surface area contributed by atoms with Crippen molar-refractivity contribution in [2.24, 2.45) is 0 Å². The summed E-state index contributed by atoms with van der Waals surface area (Å²) in [5.41, 5.74) is 2.75. The van der Waals surface area contributed by atoms with Crippen LogP contribution in [0, 0.1) is 0 Å². The summed E-state index contributed by atoms with van der Waals surface area (Å²) >= 11 is 12.4. The van der Waals surface area contributed by atoms with Crippen molar-refractivity contribution in [3.63, 3.8) is 0 Å². The third-order valence-corrected chi connectivity index (χ3v) is 4.17. The molecular weight excluding hydrogens is 191 g/mol. The third-order valence-electron chi connectivity index (χ3n) is 3.09. The highest BCUT2D eigenvalue weighted by atomic mass is 35.5. The Bertz CT molecular complexity index is 293. The Balaban J connectivity index is 2.19. The molecule has 0 heterocycles. The first-order valence-corrected chi connectivity index (χ1v) is 5.05. The van der Waals surface area contributed by atoms with Crippen molar-refractivity contribution >= 4 is 23.2 Å². The van der Waals surface area contributed by atoms with Gasteiger partial charge in [-0.2, -0.15) is 0 Å². The molecule has 62 valence electrons. The molecule has 0 nitrogen and oxygen atoms in total. The van der Waals surface area contributed by atoms with E-state index in [0.717, 1.165) is 0 Å². The van der Waals surface area contributed by atoms with Crippen LogP contribution in [-0.2, 0) is 0 Å². The Kier molecular flexibility index (Phi) is 1.31. The van der Waals surface area contributed by atoms with Crippen molar-refractivity contribution < 1.29 is 0 Å². The largest absolute Gasteiger partial charge is 0.122 e. The molecule has 4 rings (SSSR count). The summed E-state index contributed by atoms with van der Waals surface area (Å²) < 4.78 is 0. The summed E-state index contributed by atoms with van der Waals surface area (Å²) in [7, 11) is 0. The highest BCUT2D eigenvalue weighted by Crippen LogP contribution is 2.62. The van der Waals surface area contributed by atoms with Crippen LogP contribution in [0.4, 0.5) is 0 Å². The molecule has 0 atom stereocenters. The molecule has 1 aromatic rings. The van der Waals surface area contributed by atoms with Crippen molar-refractivity contribution in [3.05, 3.63) is 35.4 Å². The summed E-state index contributed by atoms with van der Waals surface area (Å²) in [5, 5.41) is 0.509. The molecule has 0 saturated heterocycles. The quantitative estimate of drug-likeness (QED) is 0.563. The van der Waals surface area contributed by atoms with Crippen molar-refractivity contribution in [2.45, 2.75) is 22.6 Å². The molecule has 3 aliphatic carbocycles. The zero-order valence-corrected chi connectivity index (χ0v) is 7.89. The van der Waals surface area contributed by atoms with Gasteiger partial charge in [0.2, 0.25) is 0 Å². The van der Waals surface area contributed by atoms with E-state index in [2.05, 4.69) is 24.3 Å². The van der Waals surface area contributed by atoms with E-state index < -0.39 is 0 Å². The summed E-state index contributed by atoms with van der Waals surface area (Å²) in [6.45, 7) is 0. The first-order chi connectivity index (χ1) is 5.80. The molecule has 1 saturated carbocycles. The SMILES string of the molecule is ClC1C2c3ccccc3C1C2Cl. The lowest BCUT2D eigenvalue weighted by Gasteiger charge is -2.36. The lowest BCUT2D eigenvalue weighted by atomic mass is 9.80. The molecular formula is C10H8Cl2. The van der Waals surface area contributed by atoms with Gasteiger partial charge in [0.15, 0.2) is 0 Å². The van der Waals surface area contributed by atoms with E-state index in [9.17, 15) is 0 Å². The fourth-order valence-electron chi connectivity index (χ4n) is 2.46. The molecule has 1 aromatic carbocycles. The molecule has 12 heavy (non-hydrogen) atoms. The normalized spacial score (nSPS) is 42.2. The van der Waals surface area contributed by atoms with Gasteiger partial charge in [-0.25, -0.2) is 0 Å². The van der Waals surface area contributed by atoms with Crippen molar-refractivity contribution in [3.8, 4) is 0 Å². The minimum Gasteiger partial charge on any atom is -0.122 e. The number of benzene rings is 1. The van der Waals surface area contributed by atoms with E-state index in [1.807, 2.05) is 0 Å². The zero-order chi connectivity index (χ0) is 8.29. The minimum absolute atomic E-state index is 0.255. The van der Waals surface area contributed by atoms with Crippen LogP contribution < -0.4 is 0 Å². The Morgan fingerprint density at radius 3 is 1.67 bits per heavy atom. The van der Waals surface area contributed by atoms with Crippen LogP contribution in [0.1, 0.15) is 23.0 Å². The van der Waals surface area contributed by atoms with E-state index in [1.54, 1.807) is 0 Å². The second-order valence-electron chi connectivity index (χ2n) is 3.57. The van der Waals surface area contributed by atoms with Crippen LogP contribution in [-0.4, -0.2) is 10.8 Å². The standard InChI is InChI=1S/C10H8Cl2/c11-9-7-5-3-1-2-4-6(5)8(9)10(7)12/h1-4,7-10H. The lowest BCUT2D eigenvalue weighted by molar-refractivity contribution is 0.426. The van der Waals surface area contributed by atoms with Crippen LogP contribution in [0.5, 0.6) is 0 Å². The van der Waals surface area contributed by atoms with Crippen LogP contribution in [0.3, 0.4) is 0 Å². The topological polar surface area (TPSA) is 0 Å². The van der Waals surface area contributed by atoms with Crippen LogP contribution in [0.25, 0.3) is 0 Å². The average Bonchev–Trinajstić information content (AvgIpc) is 2.53. The third kappa shape index (κ3) is 0.627. The highest BCUT2D eigenvalue weighted by Gasteiger charge is 2.57. The second-order valence-corrected chi connectivity index (χ2v) is 4.58. The van der Waals surface area contributed by atoms with Crippen LogP contribution in [0.2, 0.25) is 0 Å². The van der Waals surface area contributed by atoms with Gasteiger partial charge in [-0.1, -0.05) is 24.3 Å². The first kappa shape index (κ1) is 7.23. The molecule has 0 aromatic heterocycles. The predicted molar refractivity (Wildman–Crippen MR) is 51.2 cm³/mol. The Hall–Kier alpha value is -0.200. The van der Waals surface area contributed by atoms with E-state index in [-0.39, 0.29) is 10.8 Å². The Labute approximate surface area is 81.5 Å². The molecule has 2 heteroatoms. The van der Waals surface area contributed by atoms with Gasteiger partial charge in [-0.15, -0.1) is 23.2 Å². The van der Waals surface area contributed by atoms with E-state index in [1.165, 1.54) is 11.1 Å². The summed E-state index contributed by atoms with van der Waals surface area (Å²) in [6.07, 6.45) is 0. The van der Waals surface area contributed by atoms with Gasteiger partial charge >= 0.3 is 0 Å². The second kappa shape index (κ2) is 2.18. The molecule has 0 aliphatic heterocycles. The zero-order valence-electron chi connectivity index (χ0n) is 6.37. The van der Waals surface area contributed by atoms with E-state index in [0.29, 0.717) is 11.8 Å². The van der Waals surface area contributed by atoms with Gasteiger partial charge in [-0.05, 0) is 11.1 Å². The van der Waals surface area contributed by atoms with Crippen LogP contribution in [0.15, 0.2) is 24.3 Å². The monoisotopic (exact) mass is 198 g/mol. The van der Waals surface area contributed by atoms with Gasteiger partial charge in [0.1, 0.15) is 0 Å². The van der Waals surface area contributed by atoms with Gasteiger partial charge < -0.3 is 0 Å². The maximum atomic E-state index is 6.19. The Morgan fingerprint density at radius 1 is 0.833 bits per heavy atom. The van der Waals surface area contributed by atoms with Crippen molar-refractivity contribution in [1.29, 1.82) is 0 Å². The molecule has 0 radical (unpaired) electrons. The molecule has 1 fully saturated rings. The summed E-state index contributed by atoms with van der Waals surface area (Å²) in [5.74, 6) is 0.823. The fourth-order valence-corrected chi connectivity index (χ4v) is 3.78. The van der Waals surface area contributed by atoms with Gasteiger partial charge in [0.25, 0.3) is 0 Å². The van der Waals surface area contributed by atoms with Gasteiger partial charge in [0, 0.05) is 11.8 Å². The van der Waals surface area contributed by atoms with E-state index >= 15 is 0 Å². The maximum Gasteiger partial charge on any atom is 0.0502 e. The predicted octanol–water partition coefficient (Wildman–Crippen LogP) is 3.10. The lowest BCUT2D eigenvalue weighted by Crippen LogP contribution is -2.38. The number of alkyl halides is 2. The summed E-state index contributed by atoms with van der Waals surface area (Å²) in [4.78, 5) is 0. The molecule has 3 aliphatic rings. The molecule has 0 unspecified atom stereocenters. The highest BCUT2D eigenvalue weighted by molar-refractivity contribution is 6.30. The van der Waals surface area contributed by atoms with Crippen LogP contribution >= 0.6 is 23.2 Å². The number of rotatable bonds is 0. The molecule has 0 spiro atoms. The molecule has 2 bridgehead atoms. The summed E-state index contributed by atoms with van der Waals surface area (Å²) in [6, 6.07) is 8.43. The number of halogens is 2. The number of hydrogen-bond acceptors (Lipinski definition) is 0. The van der Waals surface area contributed by atoms with Crippen molar-refractivity contribution in [2.75, 3.05) is 0 Å².